The summed E-state index contributed by atoms with van der Waals surface area (Å²) >= 11 is 0. The molecule has 0 radical (unpaired) electrons. The quantitative estimate of drug-likeness (QED) is 0.726. The van der Waals surface area contributed by atoms with Gasteiger partial charge in [0.05, 0.1) is 5.56 Å². The summed E-state index contributed by atoms with van der Waals surface area (Å²) in [5.74, 6) is -4.27. The molecular weight excluding hydrogens is 393 g/mol. The average molecular weight is 415 g/mol. The summed E-state index contributed by atoms with van der Waals surface area (Å²) in [6.45, 7) is 4.32. The van der Waals surface area contributed by atoms with Gasteiger partial charge in [-0.1, -0.05) is 19.9 Å². The van der Waals surface area contributed by atoms with Crippen LogP contribution in [0.1, 0.15) is 65.5 Å². The maximum Gasteiger partial charge on any atom is 0.419 e. The first-order valence-electron chi connectivity index (χ1n) is 9.59. The SMILES string of the molecule is CCc1[nH]nc(C(=O)N2CCC(c3ccc(F)c(F)c3C(F)(F)F)CC2)c1CC. The fourth-order valence-corrected chi connectivity index (χ4v) is 3.99. The minimum Gasteiger partial charge on any atom is -0.337 e. The molecule has 0 spiro atoms. The van der Waals surface area contributed by atoms with Gasteiger partial charge in [0.15, 0.2) is 17.3 Å². The third kappa shape index (κ3) is 4.00. The minimum absolute atomic E-state index is 0.220. The number of nitrogens with one attached hydrogen (secondary N) is 1. The molecule has 1 fully saturated rings. The molecule has 29 heavy (non-hydrogen) atoms. The molecule has 158 valence electrons. The number of aromatic amines is 1. The van der Waals surface area contributed by atoms with Gasteiger partial charge in [-0.2, -0.15) is 18.3 Å². The molecular formula is C20H22F5N3O. The predicted octanol–water partition coefficient (Wildman–Crippen LogP) is 4.85. The van der Waals surface area contributed by atoms with Gasteiger partial charge in [-0.15, -0.1) is 0 Å². The normalized spacial score (nSPS) is 15.8. The molecule has 2 aromatic rings. The van der Waals surface area contributed by atoms with Gasteiger partial charge in [0.2, 0.25) is 0 Å². The Morgan fingerprint density at radius 2 is 1.83 bits per heavy atom. The molecule has 0 unspecified atom stereocenters. The summed E-state index contributed by atoms with van der Waals surface area (Å²) in [4.78, 5) is 14.4. The number of hydrogen-bond donors (Lipinski definition) is 1. The number of benzene rings is 1. The number of rotatable bonds is 4. The van der Waals surface area contributed by atoms with Crippen LogP contribution in [0.5, 0.6) is 0 Å². The predicted molar refractivity (Wildman–Crippen MR) is 96.6 cm³/mol. The third-order valence-corrected chi connectivity index (χ3v) is 5.50. The van der Waals surface area contributed by atoms with E-state index in [1.165, 1.54) is 0 Å². The Kier molecular flexibility index (Phi) is 5.95. The fourth-order valence-electron chi connectivity index (χ4n) is 3.99. The first kappa shape index (κ1) is 21.3. The van der Waals surface area contributed by atoms with E-state index >= 15 is 0 Å². The standard InChI is InChI=1S/C20H22F5N3O/c1-3-12-15(4-2)26-27-18(12)19(29)28-9-7-11(8-10-28)13-5-6-14(21)17(22)16(13)20(23,24)25/h5-6,11H,3-4,7-10H2,1-2H3,(H,26,27). The van der Waals surface area contributed by atoms with Crippen LogP contribution in [0.2, 0.25) is 0 Å². The summed E-state index contributed by atoms with van der Waals surface area (Å²) in [7, 11) is 0. The molecule has 1 aromatic heterocycles. The number of nitrogens with zero attached hydrogens (tertiary/aromatic N) is 2. The minimum atomic E-state index is -4.99. The highest BCUT2D eigenvalue weighted by Crippen LogP contribution is 2.41. The molecule has 0 bridgehead atoms. The largest absolute Gasteiger partial charge is 0.419 e. The smallest absolute Gasteiger partial charge is 0.337 e. The van der Waals surface area contributed by atoms with E-state index in [9.17, 15) is 26.7 Å². The van der Waals surface area contributed by atoms with Crippen LogP contribution in [-0.4, -0.2) is 34.1 Å². The Morgan fingerprint density at radius 3 is 2.38 bits per heavy atom. The maximum absolute atomic E-state index is 13.9. The Bertz CT molecular complexity index is 898. The number of aryl methyl sites for hydroxylation is 1. The number of H-pyrrole nitrogens is 1. The van der Waals surface area contributed by atoms with Crippen molar-refractivity contribution in [2.75, 3.05) is 13.1 Å². The van der Waals surface area contributed by atoms with Gasteiger partial charge in [-0.3, -0.25) is 9.89 Å². The van der Waals surface area contributed by atoms with Crippen molar-refractivity contribution in [2.24, 2.45) is 0 Å². The van der Waals surface area contributed by atoms with E-state index in [4.69, 9.17) is 0 Å². The Morgan fingerprint density at radius 1 is 1.17 bits per heavy atom. The highest BCUT2D eigenvalue weighted by molar-refractivity contribution is 5.94. The van der Waals surface area contributed by atoms with Crippen LogP contribution in [0.25, 0.3) is 0 Å². The van der Waals surface area contributed by atoms with E-state index in [-0.39, 0.29) is 37.4 Å². The van der Waals surface area contributed by atoms with Crippen molar-refractivity contribution in [3.05, 3.63) is 51.8 Å². The van der Waals surface area contributed by atoms with Crippen LogP contribution in [0.15, 0.2) is 12.1 Å². The Balaban J connectivity index is 1.79. The molecule has 0 aliphatic carbocycles. The zero-order chi connectivity index (χ0) is 21.3. The number of piperidine rings is 1. The molecule has 3 rings (SSSR count). The van der Waals surface area contributed by atoms with Gasteiger partial charge in [0.25, 0.3) is 5.91 Å². The molecule has 1 aliphatic rings. The monoisotopic (exact) mass is 415 g/mol. The first-order valence-corrected chi connectivity index (χ1v) is 9.59. The molecule has 1 amide bonds. The van der Waals surface area contributed by atoms with Crippen molar-refractivity contribution >= 4 is 5.91 Å². The second-order valence-corrected chi connectivity index (χ2v) is 7.13. The molecule has 1 aromatic carbocycles. The number of aromatic nitrogens is 2. The lowest BCUT2D eigenvalue weighted by atomic mass is 9.85. The number of hydrogen-bond acceptors (Lipinski definition) is 2. The molecule has 1 aliphatic heterocycles. The van der Waals surface area contributed by atoms with Gasteiger partial charge >= 0.3 is 6.18 Å². The van der Waals surface area contributed by atoms with E-state index in [1.54, 1.807) is 4.90 Å². The summed E-state index contributed by atoms with van der Waals surface area (Å²) < 4.78 is 67.2. The Hall–Kier alpha value is -2.45. The lowest BCUT2D eigenvalue weighted by Gasteiger charge is -2.33. The lowest BCUT2D eigenvalue weighted by Crippen LogP contribution is -2.39. The molecule has 9 heteroatoms. The van der Waals surface area contributed by atoms with Gasteiger partial charge < -0.3 is 4.90 Å². The van der Waals surface area contributed by atoms with E-state index in [0.717, 1.165) is 23.4 Å². The van der Waals surface area contributed by atoms with Gasteiger partial charge in [0, 0.05) is 24.3 Å². The number of likely N-dealkylation sites (tertiary alicyclic amines) is 1. The molecule has 0 atom stereocenters. The zero-order valence-corrected chi connectivity index (χ0v) is 16.2. The van der Waals surface area contributed by atoms with E-state index in [0.29, 0.717) is 18.5 Å². The van der Waals surface area contributed by atoms with Gasteiger partial charge in [-0.25, -0.2) is 8.78 Å². The lowest BCUT2D eigenvalue weighted by molar-refractivity contribution is -0.141. The highest BCUT2D eigenvalue weighted by Gasteiger charge is 2.40. The van der Waals surface area contributed by atoms with Crippen LogP contribution in [0.3, 0.4) is 0 Å². The average Bonchev–Trinajstić information content (AvgIpc) is 3.11. The molecule has 4 nitrogen and oxygen atoms in total. The van der Waals surface area contributed by atoms with Crippen molar-refractivity contribution in [3.8, 4) is 0 Å². The van der Waals surface area contributed by atoms with Gasteiger partial charge in [0.1, 0.15) is 0 Å². The Labute approximate surface area is 165 Å². The van der Waals surface area contributed by atoms with E-state index < -0.39 is 29.3 Å². The van der Waals surface area contributed by atoms with Crippen LogP contribution in [-0.2, 0) is 19.0 Å². The van der Waals surface area contributed by atoms with Crippen molar-refractivity contribution in [3.63, 3.8) is 0 Å². The summed E-state index contributed by atoms with van der Waals surface area (Å²) in [6, 6.07) is 1.72. The number of carbonyl (C=O) groups excluding carboxylic acids is 1. The summed E-state index contributed by atoms with van der Waals surface area (Å²) in [6.07, 6.45) is -3.18. The van der Waals surface area contributed by atoms with Crippen LogP contribution in [0, 0.1) is 11.6 Å². The van der Waals surface area contributed by atoms with E-state index in [2.05, 4.69) is 10.2 Å². The molecule has 0 saturated carbocycles. The summed E-state index contributed by atoms with van der Waals surface area (Å²) in [5, 5.41) is 6.99. The fraction of sp³-hybridized carbons (Fsp3) is 0.500. The van der Waals surface area contributed by atoms with E-state index in [1.807, 2.05) is 13.8 Å². The number of carbonyl (C=O) groups is 1. The van der Waals surface area contributed by atoms with Crippen LogP contribution in [0.4, 0.5) is 22.0 Å². The van der Waals surface area contributed by atoms with Gasteiger partial charge in [-0.05, 0) is 43.2 Å². The first-order chi connectivity index (χ1) is 13.7. The van der Waals surface area contributed by atoms with Crippen molar-refractivity contribution in [1.82, 2.24) is 15.1 Å². The van der Waals surface area contributed by atoms with Crippen molar-refractivity contribution in [1.29, 1.82) is 0 Å². The molecule has 1 N–H and O–H groups in total. The number of halogens is 5. The maximum atomic E-state index is 13.9. The summed E-state index contributed by atoms with van der Waals surface area (Å²) in [5.41, 5.74) is 0.273. The zero-order valence-electron chi connectivity index (χ0n) is 16.2. The number of alkyl halides is 3. The third-order valence-electron chi connectivity index (χ3n) is 5.50. The number of amides is 1. The van der Waals surface area contributed by atoms with Crippen LogP contribution < -0.4 is 0 Å². The van der Waals surface area contributed by atoms with Crippen molar-refractivity contribution < 1.29 is 26.7 Å². The topological polar surface area (TPSA) is 49.0 Å². The second-order valence-electron chi connectivity index (χ2n) is 7.13. The van der Waals surface area contributed by atoms with Crippen molar-refractivity contribution in [2.45, 2.75) is 51.6 Å². The molecule has 1 saturated heterocycles. The highest BCUT2D eigenvalue weighted by atomic mass is 19.4. The molecule has 2 heterocycles. The van der Waals surface area contributed by atoms with Crippen LogP contribution >= 0.6 is 0 Å². The second kappa shape index (κ2) is 8.12.